The van der Waals surface area contributed by atoms with Gasteiger partial charge in [-0.25, -0.2) is 8.42 Å². The lowest BCUT2D eigenvalue weighted by Gasteiger charge is -2.23. The van der Waals surface area contributed by atoms with Crippen molar-refractivity contribution in [3.05, 3.63) is 54.1 Å². The van der Waals surface area contributed by atoms with E-state index in [0.717, 1.165) is 5.56 Å². The summed E-state index contributed by atoms with van der Waals surface area (Å²) in [7, 11) is -2.22. The fraction of sp³-hybridized carbons (Fsp3) is 0.316. The molecule has 7 heteroatoms. The van der Waals surface area contributed by atoms with Crippen molar-refractivity contribution in [2.45, 2.75) is 30.7 Å². The van der Waals surface area contributed by atoms with Gasteiger partial charge < -0.3 is 10.1 Å². The Kier molecular flexibility index (Phi) is 5.29. The van der Waals surface area contributed by atoms with E-state index in [2.05, 4.69) is 5.32 Å². The van der Waals surface area contributed by atoms with Crippen molar-refractivity contribution in [2.24, 2.45) is 0 Å². The summed E-state index contributed by atoms with van der Waals surface area (Å²) in [5.74, 6) is 0.285. The van der Waals surface area contributed by atoms with Crippen LogP contribution in [0.1, 0.15) is 18.4 Å². The number of methoxy groups -OCH3 is 1. The first-order valence-corrected chi connectivity index (χ1v) is 9.90. The number of hydrogen-bond donors (Lipinski definition) is 1. The summed E-state index contributed by atoms with van der Waals surface area (Å²) in [4.78, 5) is 12.9. The van der Waals surface area contributed by atoms with Crippen LogP contribution in [0, 0.1) is 6.92 Å². The van der Waals surface area contributed by atoms with Gasteiger partial charge in [0.25, 0.3) is 0 Å². The van der Waals surface area contributed by atoms with Gasteiger partial charge in [0, 0.05) is 12.2 Å². The largest absolute Gasteiger partial charge is 0.497 e. The minimum absolute atomic E-state index is 0.161. The molecule has 2 aromatic rings. The third kappa shape index (κ3) is 3.59. The average Bonchev–Trinajstić information content (AvgIpc) is 3.14. The lowest BCUT2D eigenvalue weighted by Crippen LogP contribution is -2.43. The Hall–Kier alpha value is -2.38. The number of nitrogens with one attached hydrogen (secondary N) is 1. The summed E-state index contributed by atoms with van der Waals surface area (Å²) in [6.45, 7) is 2.23. The highest BCUT2D eigenvalue weighted by Crippen LogP contribution is 2.28. The molecule has 0 saturated carbocycles. The lowest BCUT2D eigenvalue weighted by atomic mass is 10.1. The SMILES string of the molecule is COc1ccc(S(=O)(=O)N2CCCC2C(=O)Nc2ccccc2C)cc1. The quantitative estimate of drug-likeness (QED) is 0.873. The Bertz CT molecular complexity index is 894. The van der Waals surface area contributed by atoms with Crippen molar-refractivity contribution < 1.29 is 17.9 Å². The van der Waals surface area contributed by atoms with Crippen molar-refractivity contribution in [3.63, 3.8) is 0 Å². The van der Waals surface area contributed by atoms with Crippen LogP contribution in [-0.4, -0.2) is 38.3 Å². The molecule has 0 aliphatic carbocycles. The van der Waals surface area contributed by atoms with E-state index in [1.54, 1.807) is 12.1 Å². The molecule has 6 nitrogen and oxygen atoms in total. The molecule has 0 radical (unpaired) electrons. The minimum Gasteiger partial charge on any atom is -0.497 e. The van der Waals surface area contributed by atoms with Crippen LogP contribution < -0.4 is 10.1 Å². The first-order valence-electron chi connectivity index (χ1n) is 8.46. The minimum atomic E-state index is -3.74. The van der Waals surface area contributed by atoms with Gasteiger partial charge in [-0.2, -0.15) is 4.31 Å². The number of hydrogen-bond acceptors (Lipinski definition) is 4. The number of sulfonamides is 1. The zero-order chi connectivity index (χ0) is 18.7. The maximum absolute atomic E-state index is 13.0. The van der Waals surface area contributed by atoms with Crippen LogP contribution in [0.3, 0.4) is 0 Å². The Morgan fingerprint density at radius 3 is 2.50 bits per heavy atom. The van der Waals surface area contributed by atoms with Crippen LogP contribution in [0.15, 0.2) is 53.4 Å². The number of benzene rings is 2. The molecule has 1 amide bonds. The van der Waals surface area contributed by atoms with E-state index in [1.807, 2.05) is 31.2 Å². The number of ether oxygens (including phenoxy) is 1. The van der Waals surface area contributed by atoms with Crippen LogP contribution in [0.4, 0.5) is 5.69 Å². The number of carbonyl (C=O) groups excluding carboxylic acids is 1. The highest BCUT2D eigenvalue weighted by atomic mass is 32.2. The standard InChI is InChI=1S/C19H22N2O4S/c1-14-6-3-4-7-17(14)20-19(22)18-8-5-13-21(18)26(23,24)16-11-9-15(25-2)10-12-16/h3-4,6-7,9-12,18H,5,8,13H2,1-2H3,(H,20,22). The monoisotopic (exact) mass is 374 g/mol. The molecule has 0 aromatic heterocycles. The van der Waals surface area contributed by atoms with E-state index in [-0.39, 0.29) is 10.8 Å². The molecule has 1 fully saturated rings. The molecule has 3 rings (SSSR count). The van der Waals surface area contributed by atoms with Crippen molar-refractivity contribution in [1.82, 2.24) is 4.31 Å². The van der Waals surface area contributed by atoms with Crippen LogP contribution in [-0.2, 0) is 14.8 Å². The molecular weight excluding hydrogens is 352 g/mol. The summed E-state index contributed by atoms with van der Waals surface area (Å²) < 4.78 is 32.3. The Morgan fingerprint density at radius 1 is 1.15 bits per heavy atom. The van der Waals surface area contributed by atoms with Gasteiger partial charge in [-0.15, -0.1) is 0 Å². The topological polar surface area (TPSA) is 75.7 Å². The molecule has 1 heterocycles. The maximum Gasteiger partial charge on any atom is 0.243 e. The van der Waals surface area contributed by atoms with Gasteiger partial charge in [0.15, 0.2) is 0 Å². The molecule has 26 heavy (non-hydrogen) atoms. The number of rotatable bonds is 5. The second-order valence-corrected chi connectivity index (χ2v) is 8.14. The second kappa shape index (κ2) is 7.47. The number of carbonyl (C=O) groups is 1. The fourth-order valence-electron chi connectivity index (χ4n) is 3.10. The number of amides is 1. The third-order valence-corrected chi connectivity index (χ3v) is 6.50. The Balaban J connectivity index is 1.82. The fourth-order valence-corrected chi connectivity index (χ4v) is 4.76. The predicted octanol–water partition coefficient (Wildman–Crippen LogP) is 2.80. The Morgan fingerprint density at radius 2 is 1.85 bits per heavy atom. The maximum atomic E-state index is 13.0. The first kappa shape index (κ1) is 18.4. The molecule has 1 aliphatic rings. The van der Waals surface area contributed by atoms with Gasteiger partial charge in [-0.05, 0) is 55.7 Å². The van der Waals surface area contributed by atoms with Crippen LogP contribution in [0.25, 0.3) is 0 Å². The molecule has 138 valence electrons. The first-order chi connectivity index (χ1) is 12.4. The molecule has 0 spiro atoms. The van der Waals surface area contributed by atoms with Gasteiger partial charge in [-0.1, -0.05) is 18.2 Å². The third-order valence-electron chi connectivity index (χ3n) is 4.58. The summed E-state index contributed by atoms with van der Waals surface area (Å²) in [5, 5.41) is 2.86. The molecule has 0 bridgehead atoms. The van der Waals surface area contributed by atoms with Crippen molar-refractivity contribution in [3.8, 4) is 5.75 Å². The molecule has 2 aromatic carbocycles. The summed E-state index contributed by atoms with van der Waals surface area (Å²) in [6, 6.07) is 12.9. The van der Waals surface area contributed by atoms with Gasteiger partial charge in [0.2, 0.25) is 15.9 Å². The van der Waals surface area contributed by atoms with Crippen molar-refractivity contribution in [1.29, 1.82) is 0 Å². The molecule has 1 atom stereocenters. The van der Waals surface area contributed by atoms with Crippen LogP contribution in [0.2, 0.25) is 0 Å². The number of anilines is 1. The van der Waals surface area contributed by atoms with Gasteiger partial charge in [-0.3, -0.25) is 4.79 Å². The molecular formula is C19H22N2O4S. The zero-order valence-electron chi connectivity index (χ0n) is 14.8. The highest BCUT2D eigenvalue weighted by molar-refractivity contribution is 7.89. The zero-order valence-corrected chi connectivity index (χ0v) is 15.6. The van der Waals surface area contributed by atoms with Gasteiger partial charge in [0.1, 0.15) is 11.8 Å². The number of nitrogens with zero attached hydrogens (tertiary/aromatic N) is 1. The smallest absolute Gasteiger partial charge is 0.243 e. The van der Waals surface area contributed by atoms with Crippen LogP contribution >= 0.6 is 0 Å². The Labute approximate surface area is 153 Å². The van der Waals surface area contributed by atoms with E-state index < -0.39 is 16.1 Å². The molecule has 1 saturated heterocycles. The molecule has 1 N–H and O–H groups in total. The summed E-state index contributed by atoms with van der Waals surface area (Å²) in [6.07, 6.45) is 1.16. The molecule has 1 aliphatic heterocycles. The van der Waals surface area contributed by atoms with E-state index >= 15 is 0 Å². The number of para-hydroxylation sites is 1. The van der Waals surface area contributed by atoms with Crippen LogP contribution in [0.5, 0.6) is 5.75 Å². The van der Waals surface area contributed by atoms with Crippen molar-refractivity contribution >= 4 is 21.6 Å². The lowest BCUT2D eigenvalue weighted by molar-refractivity contribution is -0.119. The summed E-state index contributed by atoms with van der Waals surface area (Å²) in [5.41, 5.74) is 1.63. The predicted molar refractivity (Wildman–Crippen MR) is 99.7 cm³/mol. The van der Waals surface area contributed by atoms with E-state index in [4.69, 9.17) is 4.74 Å². The van der Waals surface area contributed by atoms with E-state index in [0.29, 0.717) is 30.8 Å². The molecule has 1 unspecified atom stereocenters. The second-order valence-electron chi connectivity index (χ2n) is 6.25. The van der Waals surface area contributed by atoms with E-state index in [9.17, 15) is 13.2 Å². The normalized spacial score (nSPS) is 17.8. The van der Waals surface area contributed by atoms with Gasteiger partial charge >= 0.3 is 0 Å². The van der Waals surface area contributed by atoms with Crippen molar-refractivity contribution in [2.75, 3.05) is 19.0 Å². The highest BCUT2D eigenvalue weighted by Gasteiger charge is 2.39. The number of aryl methyl sites for hydroxylation is 1. The summed E-state index contributed by atoms with van der Waals surface area (Å²) >= 11 is 0. The average molecular weight is 374 g/mol. The van der Waals surface area contributed by atoms with Gasteiger partial charge in [0.05, 0.1) is 12.0 Å². The van der Waals surface area contributed by atoms with E-state index in [1.165, 1.54) is 23.5 Å².